The topological polar surface area (TPSA) is 35.2 Å². The Kier molecular flexibility index (Phi) is 3.48. The predicted octanol–water partition coefficient (Wildman–Crippen LogP) is 4.09. The van der Waals surface area contributed by atoms with Gasteiger partial charge in [0.1, 0.15) is 17.2 Å². The van der Waals surface area contributed by atoms with E-state index < -0.39 is 0 Å². The standard InChI is InChI=1S/C16H22FNO/c17-12-6-7-13-14(18)11-16(19-15(13)10-12)8-4-2-1-3-5-9-16/h6-7,10,14H,1-5,8-9,11,18H2/t14-/m0/s1. The Morgan fingerprint density at radius 1 is 1.11 bits per heavy atom. The molecule has 1 fully saturated rings. The van der Waals surface area contributed by atoms with Crippen molar-refractivity contribution in [1.82, 2.24) is 0 Å². The summed E-state index contributed by atoms with van der Waals surface area (Å²) in [4.78, 5) is 0. The lowest BCUT2D eigenvalue weighted by atomic mass is 9.79. The summed E-state index contributed by atoms with van der Waals surface area (Å²) in [6.07, 6.45) is 9.23. The lowest BCUT2D eigenvalue weighted by molar-refractivity contribution is 0.0110. The zero-order chi connectivity index (χ0) is 13.3. The van der Waals surface area contributed by atoms with Gasteiger partial charge in [0.05, 0.1) is 0 Å². The van der Waals surface area contributed by atoms with Crippen LogP contribution in [0, 0.1) is 5.82 Å². The molecular formula is C16H22FNO. The molecule has 19 heavy (non-hydrogen) atoms. The molecule has 0 bridgehead atoms. The first-order valence-corrected chi connectivity index (χ1v) is 7.43. The minimum Gasteiger partial charge on any atom is -0.487 e. The smallest absolute Gasteiger partial charge is 0.127 e. The van der Waals surface area contributed by atoms with Crippen LogP contribution in [0.3, 0.4) is 0 Å². The molecule has 0 aromatic heterocycles. The first-order valence-electron chi connectivity index (χ1n) is 7.43. The van der Waals surface area contributed by atoms with Gasteiger partial charge in [-0.25, -0.2) is 4.39 Å². The molecule has 2 N–H and O–H groups in total. The molecule has 2 aliphatic rings. The average molecular weight is 263 g/mol. The number of halogens is 1. The van der Waals surface area contributed by atoms with Crippen LogP contribution >= 0.6 is 0 Å². The molecular weight excluding hydrogens is 241 g/mol. The van der Waals surface area contributed by atoms with Gasteiger partial charge in [0, 0.05) is 24.1 Å². The number of nitrogens with two attached hydrogens (primary N) is 1. The molecule has 3 rings (SSSR count). The Morgan fingerprint density at radius 2 is 1.79 bits per heavy atom. The summed E-state index contributed by atoms with van der Waals surface area (Å²) in [6, 6.07) is 4.71. The van der Waals surface area contributed by atoms with E-state index in [0.29, 0.717) is 5.75 Å². The van der Waals surface area contributed by atoms with E-state index in [1.165, 1.54) is 44.2 Å². The molecule has 1 aromatic carbocycles. The van der Waals surface area contributed by atoms with Crippen molar-refractivity contribution in [1.29, 1.82) is 0 Å². The third-order valence-electron chi connectivity index (χ3n) is 4.56. The van der Waals surface area contributed by atoms with Gasteiger partial charge in [0.15, 0.2) is 0 Å². The van der Waals surface area contributed by atoms with E-state index in [-0.39, 0.29) is 17.5 Å². The molecule has 1 spiro atoms. The highest BCUT2D eigenvalue weighted by atomic mass is 19.1. The molecule has 0 saturated heterocycles. The van der Waals surface area contributed by atoms with Crippen molar-refractivity contribution in [2.45, 2.75) is 63.0 Å². The quantitative estimate of drug-likeness (QED) is 0.765. The second kappa shape index (κ2) is 5.12. The van der Waals surface area contributed by atoms with Crippen molar-refractivity contribution in [2.75, 3.05) is 0 Å². The van der Waals surface area contributed by atoms with Gasteiger partial charge in [-0.1, -0.05) is 25.3 Å². The number of benzene rings is 1. The minimum absolute atomic E-state index is 0.0243. The molecule has 1 aliphatic carbocycles. The summed E-state index contributed by atoms with van der Waals surface area (Å²) in [5, 5.41) is 0. The van der Waals surface area contributed by atoms with Crippen LogP contribution in [0.15, 0.2) is 18.2 Å². The minimum atomic E-state index is -0.242. The Hall–Kier alpha value is -1.09. The number of ether oxygens (including phenoxy) is 1. The summed E-state index contributed by atoms with van der Waals surface area (Å²) in [5.74, 6) is 0.424. The number of rotatable bonds is 0. The molecule has 1 aromatic rings. The molecule has 0 radical (unpaired) electrons. The number of hydrogen-bond acceptors (Lipinski definition) is 2. The molecule has 0 unspecified atom stereocenters. The molecule has 1 aliphatic heterocycles. The lowest BCUT2D eigenvalue weighted by Crippen LogP contribution is -2.43. The fourth-order valence-corrected chi connectivity index (χ4v) is 3.54. The van der Waals surface area contributed by atoms with Gasteiger partial charge in [0.2, 0.25) is 0 Å². The van der Waals surface area contributed by atoms with Crippen LogP contribution in [0.5, 0.6) is 5.75 Å². The van der Waals surface area contributed by atoms with Crippen LogP contribution in [-0.4, -0.2) is 5.60 Å². The van der Waals surface area contributed by atoms with E-state index in [1.54, 1.807) is 6.07 Å². The first-order chi connectivity index (χ1) is 9.19. The zero-order valence-corrected chi connectivity index (χ0v) is 11.3. The third-order valence-corrected chi connectivity index (χ3v) is 4.56. The number of hydrogen-bond donors (Lipinski definition) is 1. The summed E-state index contributed by atoms with van der Waals surface area (Å²) >= 11 is 0. The molecule has 1 heterocycles. The lowest BCUT2D eigenvalue weighted by Gasteiger charge is -2.42. The van der Waals surface area contributed by atoms with Gasteiger partial charge in [-0.15, -0.1) is 0 Å². The Morgan fingerprint density at radius 3 is 2.53 bits per heavy atom. The number of fused-ring (bicyclic) bond motifs is 1. The van der Waals surface area contributed by atoms with Crippen molar-refractivity contribution in [3.05, 3.63) is 29.6 Å². The van der Waals surface area contributed by atoms with E-state index in [4.69, 9.17) is 10.5 Å². The molecule has 2 nitrogen and oxygen atoms in total. The zero-order valence-electron chi connectivity index (χ0n) is 11.3. The fourth-order valence-electron chi connectivity index (χ4n) is 3.54. The summed E-state index contributed by atoms with van der Waals surface area (Å²) in [7, 11) is 0. The second-order valence-corrected chi connectivity index (χ2v) is 6.05. The highest BCUT2D eigenvalue weighted by molar-refractivity contribution is 5.39. The SMILES string of the molecule is N[C@H]1CC2(CCCCCCC2)Oc2cc(F)ccc21. The van der Waals surface area contributed by atoms with Crippen molar-refractivity contribution in [3.8, 4) is 5.75 Å². The molecule has 1 atom stereocenters. The Balaban J connectivity index is 1.89. The van der Waals surface area contributed by atoms with Gasteiger partial charge in [0.25, 0.3) is 0 Å². The normalized spacial score (nSPS) is 26.1. The van der Waals surface area contributed by atoms with Gasteiger partial charge in [-0.3, -0.25) is 0 Å². The van der Waals surface area contributed by atoms with Crippen molar-refractivity contribution in [2.24, 2.45) is 5.73 Å². The van der Waals surface area contributed by atoms with E-state index >= 15 is 0 Å². The van der Waals surface area contributed by atoms with Crippen molar-refractivity contribution in [3.63, 3.8) is 0 Å². The summed E-state index contributed by atoms with van der Waals surface area (Å²) in [6.45, 7) is 0. The van der Waals surface area contributed by atoms with E-state index in [0.717, 1.165) is 24.8 Å². The Bertz CT molecular complexity index is 452. The molecule has 104 valence electrons. The van der Waals surface area contributed by atoms with Crippen LogP contribution in [0.4, 0.5) is 4.39 Å². The average Bonchev–Trinajstić information content (AvgIpc) is 2.34. The second-order valence-electron chi connectivity index (χ2n) is 6.05. The maximum atomic E-state index is 13.4. The predicted molar refractivity (Wildman–Crippen MR) is 73.6 cm³/mol. The van der Waals surface area contributed by atoms with Crippen LogP contribution in [-0.2, 0) is 0 Å². The highest BCUT2D eigenvalue weighted by Gasteiger charge is 2.39. The largest absolute Gasteiger partial charge is 0.487 e. The van der Waals surface area contributed by atoms with Crippen LogP contribution < -0.4 is 10.5 Å². The molecule has 1 saturated carbocycles. The maximum Gasteiger partial charge on any atom is 0.127 e. The molecule has 3 heteroatoms. The van der Waals surface area contributed by atoms with Crippen LogP contribution in [0.2, 0.25) is 0 Å². The maximum absolute atomic E-state index is 13.4. The fraction of sp³-hybridized carbons (Fsp3) is 0.625. The van der Waals surface area contributed by atoms with E-state index in [2.05, 4.69) is 0 Å². The van der Waals surface area contributed by atoms with Crippen LogP contribution in [0.1, 0.15) is 63.0 Å². The van der Waals surface area contributed by atoms with Crippen molar-refractivity contribution < 1.29 is 9.13 Å². The van der Waals surface area contributed by atoms with Crippen molar-refractivity contribution >= 4 is 0 Å². The monoisotopic (exact) mass is 263 g/mol. The van der Waals surface area contributed by atoms with Gasteiger partial charge in [-0.05, 0) is 31.7 Å². The van der Waals surface area contributed by atoms with Gasteiger partial charge in [-0.2, -0.15) is 0 Å². The third kappa shape index (κ3) is 2.62. The van der Waals surface area contributed by atoms with E-state index in [1.807, 2.05) is 0 Å². The first kappa shape index (κ1) is 12.9. The molecule has 0 amide bonds. The van der Waals surface area contributed by atoms with Crippen LogP contribution in [0.25, 0.3) is 0 Å². The highest BCUT2D eigenvalue weighted by Crippen LogP contribution is 2.44. The Labute approximate surface area is 114 Å². The van der Waals surface area contributed by atoms with Gasteiger partial charge >= 0.3 is 0 Å². The van der Waals surface area contributed by atoms with E-state index in [9.17, 15) is 4.39 Å². The van der Waals surface area contributed by atoms with Gasteiger partial charge < -0.3 is 10.5 Å². The summed E-state index contributed by atoms with van der Waals surface area (Å²) < 4.78 is 19.6. The summed E-state index contributed by atoms with van der Waals surface area (Å²) in [5.41, 5.74) is 7.09.